The molecule has 0 radical (unpaired) electrons. The fourth-order valence-electron chi connectivity index (χ4n) is 1.86. The summed E-state index contributed by atoms with van der Waals surface area (Å²) in [5.41, 5.74) is 3.00. The molecule has 2 aromatic rings. The molecule has 1 N–H and O–H groups in total. The van der Waals surface area contributed by atoms with Gasteiger partial charge in [-0.3, -0.25) is 4.79 Å². The van der Waals surface area contributed by atoms with Gasteiger partial charge in [0.05, 0.1) is 28.8 Å². The molecule has 0 aliphatic rings. The number of benzene rings is 2. The van der Waals surface area contributed by atoms with Crippen LogP contribution in [-0.4, -0.2) is 5.91 Å². The van der Waals surface area contributed by atoms with E-state index in [1.54, 1.807) is 30.3 Å². The summed E-state index contributed by atoms with van der Waals surface area (Å²) >= 11 is 6.07. The molecule has 0 aliphatic carbocycles. The van der Waals surface area contributed by atoms with E-state index >= 15 is 0 Å². The van der Waals surface area contributed by atoms with E-state index in [1.165, 1.54) is 0 Å². The number of para-hydroxylation sites is 1. The molecule has 0 atom stereocenters. The Labute approximate surface area is 122 Å². The van der Waals surface area contributed by atoms with Crippen molar-refractivity contribution < 1.29 is 4.79 Å². The predicted octanol–water partition coefficient (Wildman–Crippen LogP) is 3.70. The summed E-state index contributed by atoms with van der Waals surface area (Å²) in [6.07, 6.45) is 0.246. The highest BCUT2D eigenvalue weighted by Crippen LogP contribution is 2.25. The minimum Gasteiger partial charge on any atom is -0.324 e. The largest absolute Gasteiger partial charge is 0.324 e. The van der Waals surface area contributed by atoms with Crippen molar-refractivity contribution in [2.45, 2.75) is 13.3 Å². The van der Waals surface area contributed by atoms with Crippen LogP contribution >= 0.6 is 11.6 Å². The van der Waals surface area contributed by atoms with Gasteiger partial charge in [-0.05, 0) is 36.2 Å². The first-order chi connectivity index (χ1) is 9.60. The molecule has 20 heavy (non-hydrogen) atoms. The Morgan fingerprint density at radius 2 is 1.95 bits per heavy atom. The molecule has 0 bridgehead atoms. The van der Waals surface area contributed by atoms with E-state index in [1.807, 2.05) is 25.1 Å². The molecule has 0 aliphatic heterocycles. The molecule has 4 heteroatoms. The molecule has 2 rings (SSSR count). The molecule has 0 spiro atoms. The maximum absolute atomic E-state index is 12.0. The van der Waals surface area contributed by atoms with Gasteiger partial charge in [-0.25, -0.2) is 0 Å². The van der Waals surface area contributed by atoms with Crippen LogP contribution in [0.25, 0.3) is 0 Å². The zero-order chi connectivity index (χ0) is 14.5. The van der Waals surface area contributed by atoms with Gasteiger partial charge in [-0.2, -0.15) is 5.26 Å². The normalized spacial score (nSPS) is 9.85. The fourth-order valence-corrected chi connectivity index (χ4v) is 2.13. The Bertz CT molecular complexity index is 652. The maximum atomic E-state index is 12.0. The van der Waals surface area contributed by atoms with Gasteiger partial charge in [0, 0.05) is 0 Å². The van der Waals surface area contributed by atoms with Crippen molar-refractivity contribution in [2.75, 3.05) is 5.32 Å². The molecule has 1 amide bonds. The molecule has 0 fully saturated rings. The van der Waals surface area contributed by atoms with Gasteiger partial charge in [0.15, 0.2) is 0 Å². The van der Waals surface area contributed by atoms with Crippen LogP contribution in [-0.2, 0) is 11.2 Å². The summed E-state index contributed by atoms with van der Waals surface area (Å²) in [4.78, 5) is 12.0. The van der Waals surface area contributed by atoms with E-state index in [2.05, 4.69) is 5.32 Å². The molecule has 0 aromatic heterocycles. The monoisotopic (exact) mass is 284 g/mol. The smallest absolute Gasteiger partial charge is 0.228 e. The quantitative estimate of drug-likeness (QED) is 0.934. The van der Waals surface area contributed by atoms with Gasteiger partial charge in [-0.15, -0.1) is 0 Å². The van der Waals surface area contributed by atoms with E-state index in [0.717, 1.165) is 11.1 Å². The molecule has 0 saturated heterocycles. The highest BCUT2D eigenvalue weighted by atomic mass is 35.5. The lowest BCUT2D eigenvalue weighted by molar-refractivity contribution is -0.115. The van der Waals surface area contributed by atoms with E-state index in [-0.39, 0.29) is 12.3 Å². The molecular formula is C16H13ClN2O. The fraction of sp³-hybridized carbons (Fsp3) is 0.125. The van der Waals surface area contributed by atoms with Crippen molar-refractivity contribution >= 4 is 23.2 Å². The molecular weight excluding hydrogens is 272 g/mol. The lowest BCUT2D eigenvalue weighted by atomic mass is 10.1. The van der Waals surface area contributed by atoms with Crippen molar-refractivity contribution in [3.63, 3.8) is 0 Å². The van der Waals surface area contributed by atoms with Crippen LogP contribution in [0, 0.1) is 18.3 Å². The predicted molar refractivity (Wildman–Crippen MR) is 79.7 cm³/mol. The van der Waals surface area contributed by atoms with Crippen LogP contribution in [0.1, 0.15) is 16.7 Å². The third kappa shape index (κ3) is 3.37. The number of nitrogens with one attached hydrogen (secondary N) is 1. The number of carbonyl (C=O) groups excluding carboxylic acids is 1. The first-order valence-electron chi connectivity index (χ1n) is 6.14. The second-order valence-corrected chi connectivity index (χ2v) is 4.87. The highest BCUT2D eigenvalue weighted by molar-refractivity contribution is 6.33. The third-order valence-corrected chi connectivity index (χ3v) is 3.25. The summed E-state index contributed by atoms with van der Waals surface area (Å²) in [6, 6.07) is 14.5. The average molecular weight is 285 g/mol. The zero-order valence-corrected chi connectivity index (χ0v) is 11.7. The molecule has 3 nitrogen and oxygen atoms in total. The Morgan fingerprint density at radius 1 is 1.25 bits per heavy atom. The van der Waals surface area contributed by atoms with Crippen molar-refractivity contribution in [3.8, 4) is 6.07 Å². The number of halogens is 1. The SMILES string of the molecule is Cc1cccc(Cl)c1NC(=O)Cc1ccc(C#N)cc1. The van der Waals surface area contributed by atoms with E-state index in [0.29, 0.717) is 16.3 Å². The Balaban J connectivity index is 2.07. The number of carbonyl (C=O) groups is 1. The number of hydrogen-bond donors (Lipinski definition) is 1. The van der Waals surface area contributed by atoms with E-state index in [4.69, 9.17) is 16.9 Å². The lowest BCUT2D eigenvalue weighted by Gasteiger charge is -2.10. The maximum Gasteiger partial charge on any atom is 0.228 e. The number of nitrogens with zero attached hydrogens (tertiary/aromatic N) is 1. The Hall–Kier alpha value is -2.31. The summed E-state index contributed by atoms with van der Waals surface area (Å²) < 4.78 is 0. The number of nitriles is 1. The van der Waals surface area contributed by atoms with E-state index in [9.17, 15) is 4.79 Å². The van der Waals surface area contributed by atoms with Crippen molar-refractivity contribution in [1.82, 2.24) is 0 Å². The van der Waals surface area contributed by atoms with Crippen molar-refractivity contribution in [3.05, 3.63) is 64.2 Å². The second kappa shape index (κ2) is 6.23. The summed E-state index contributed by atoms with van der Waals surface area (Å²) in [5.74, 6) is -0.133. The molecule has 0 heterocycles. The van der Waals surface area contributed by atoms with Gasteiger partial charge < -0.3 is 5.32 Å². The number of rotatable bonds is 3. The first kappa shape index (κ1) is 14.1. The lowest BCUT2D eigenvalue weighted by Crippen LogP contribution is -2.15. The minimum absolute atomic E-state index is 0.133. The number of hydrogen-bond acceptors (Lipinski definition) is 2. The first-order valence-corrected chi connectivity index (χ1v) is 6.52. The molecule has 100 valence electrons. The van der Waals surface area contributed by atoms with Gasteiger partial charge in [0.25, 0.3) is 0 Å². The van der Waals surface area contributed by atoms with Crippen molar-refractivity contribution in [2.24, 2.45) is 0 Å². The summed E-state index contributed by atoms with van der Waals surface area (Å²) in [5, 5.41) is 12.1. The summed E-state index contributed by atoms with van der Waals surface area (Å²) in [6.45, 7) is 1.89. The minimum atomic E-state index is -0.133. The van der Waals surface area contributed by atoms with Crippen LogP contribution < -0.4 is 5.32 Å². The van der Waals surface area contributed by atoms with Crippen LogP contribution in [0.15, 0.2) is 42.5 Å². The van der Waals surface area contributed by atoms with Crippen LogP contribution in [0.5, 0.6) is 0 Å². The number of anilines is 1. The summed E-state index contributed by atoms with van der Waals surface area (Å²) in [7, 11) is 0. The molecule has 2 aromatic carbocycles. The van der Waals surface area contributed by atoms with Crippen LogP contribution in [0.2, 0.25) is 5.02 Å². The average Bonchev–Trinajstić information content (AvgIpc) is 2.44. The molecule has 0 saturated carbocycles. The van der Waals surface area contributed by atoms with Crippen LogP contribution in [0.4, 0.5) is 5.69 Å². The highest BCUT2D eigenvalue weighted by Gasteiger charge is 2.09. The van der Waals surface area contributed by atoms with Gasteiger partial charge in [0.1, 0.15) is 0 Å². The number of amides is 1. The Morgan fingerprint density at radius 3 is 2.55 bits per heavy atom. The van der Waals surface area contributed by atoms with Gasteiger partial charge in [0.2, 0.25) is 5.91 Å². The van der Waals surface area contributed by atoms with Gasteiger partial charge in [-0.1, -0.05) is 35.9 Å². The second-order valence-electron chi connectivity index (χ2n) is 4.47. The standard InChI is InChI=1S/C16H13ClN2O/c1-11-3-2-4-14(17)16(11)19-15(20)9-12-5-7-13(10-18)8-6-12/h2-8H,9H2,1H3,(H,19,20). The topological polar surface area (TPSA) is 52.9 Å². The van der Waals surface area contributed by atoms with Gasteiger partial charge >= 0.3 is 0 Å². The van der Waals surface area contributed by atoms with E-state index < -0.39 is 0 Å². The van der Waals surface area contributed by atoms with Crippen molar-refractivity contribution in [1.29, 1.82) is 5.26 Å². The molecule has 0 unspecified atom stereocenters. The third-order valence-electron chi connectivity index (χ3n) is 2.93. The number of aryl methyl sites for hydroxylation is 1. The van der Waals surface area contributed by atoms with Crippen LogP contribution in [0.3, 0.4) is 0 Å². The Kier molecular flexibility index (Phi) is 4.39. The zero-order valence-electron chi connectivity index (χ0n) is 11.0.